The van der Waals surface area contributed by atoms with Crippen LogP contribution in [0.2, 0.25) is 0 Å². The van der Waals surface area contributed by atoms with Crippen molar-refractivity contribution in [3.05, 3.63) is 70.4 Å². The van der Waals surface area contributed by atoms with Gasteiger partial charge in [-0.25, -0.2) is 10.1 Å². The van der Waals surface area contributed by atoms with Gasteiger partial charge >= 0.3 is 6.55 Å². The molecule has 0 radical (unpaired) electrons. The lowest BCUT2D eigenvalue weighted by molar-refractivity contribution is 0.0704. The van der Waals surface area contributed by atoms with Gasteiger partial charge in [-0.3, -0.25) is 14.2 Å². The quantitative estimate of drug-likeness (QED) is 0.541. The number of benzene rings is 2. The van der Waals surface area contributed by atoms with Crippen LogP contribution in [0.5, 0.6) is 0 Å². The summed E-state index contributed by atoms with van der Waals surface area (Å²) in [6, 6.07) is 13.3. The minimum Gasteiger partial charge on any atom is -0.350 e. The minimum absolute atomic E-state index is 0.0646. The molecule has 7 nitrogen and oxygen atoms in total. The molecular weight excluding hydrogens is 380 g/mol. The molecule has 1 amide bonds. The molecule has 4 rings (SSSR count). The maximum absolute atomic E-state index is 13.6. The minimum atomic E-state index is -2.75. The number of aromatic amines is 1. The third-order valence-electron chi connectivity index (χ3n) is 4.74. The zero-order valence-corrected chi connectivity index (χ0v) is 15.4. The Morgan fingerprint density at radius 1 is 1.14 bits per heavy atom. The number of alkyl halides is 2. The van der Waals surface area contributed by atoms with Gasteiger partial charge in [0.2, 0.25) is 0 Å². The van der Waals surface area contributed by atoms with Crippen LogP contribution in [-0.2, 0) is 0 Å². The lowest BCUT2D eigenvalue weighted by atomic mass is 10.1. The van der Waals surface area contributed by atoms with Gasteiger partial charge in [-0.05, 0) is 18.2 Å². The second-order valence-corrected chi connectivity index (χ2v) is 6.66. The van der Waals surface area contributed by atoms with Crippen molar-refractivity contribution in [3.8, 4) is 0 Å². The van der Waals surface area contributed by atoms with Gasteiger partial charge in [-0.15, -0.1) is 0 Å². The van der Waals surface area contributed by atoms with Crippen molar-refractivity contribution in [2.45, 2.75) is 19.4 Å². The first kappa shape index (κ1) is 18.7. The van der Waals surface area contributed by atoms with E-state index in [0.717, 1.165) is 4.57 Å². The van der Waals surface area contributed by atoms with Crippen LogP contribution in [0.15, 0.2) is 53.3 Å². The maximum Gasteiger partial charge on any atom is 0.320 e. The van der Waals surface area contributed by atoms with Crippen molar-refractivity contribution < 1.29 is 13.6 Å². The second kappa shape index (κ2) is 7.42. The Morgan fingerprint density at radius 3 is 2.59 bits per heavy atom. The van der Waals surface area contributed by atoms with E-state index in [2.05, 4.69) is 20.5 Å². The highest BCUT2D eigenvalue weighted by molar-refractivity contribution is 6.04. The first-order valence-corrected chi connectivity index (χ1v) is 8.98. The summed E-state index contributed by atoms with van der Waals surface area (Å²) in [6.45, 7) is -0.969. The Bertz CT molecular complexity index is 1260. The summed E-state index contributed by atoms with van der Waals surface area (Å²) in [5, 5.41) is 9.61. The topological polar surface area (TPSA) is 92.7 Å². The van der Waals surface area contributed by atoms with Crippen LogP contribution in [0, 0.1) is 0 Å². The number of H-pyrrole nitrogens is 1. The predicted octanol–water partition coefficient (Wildman–Crippen LogP) is 3.20. The van der Waals surface area contributed by atoms with Gasteiger partial charge in [0, 0.05) is 17.8 Å². The third-order valence-corrected chi connectivity index (χ3v) is 4.74. The number of aromatic nitrogens is 4. The van der Waals surface area contributed by atoms with Crippen LogP contribution < -0.4 is 10.9 Å². The van der Waals surface area contributed by atoms with Gasteiger partial charge in [-0.1, -0.05) is 37.3 Å². The van der Waals surface area contributed by atoms with Gasteiger partial charge in [0.05, 0.1) is 16.4 Å². The molecule has 29 heavy (non-hydrogen) atoms. The fraction of sp³-hybridized carbons (Fsp3) is 0.200. The number of hydrogen-bond acceptors (Lipinski definition) is 4. The first-order valence-electron chi connectivity index (χ1n) is 8.98. The molecule has 0 saturated carbocycles. The Balaban J connectivity index is 1.60. The van der Waals surface area contributed by atoms with E-state index < -0.39 is 23.9 Å². The van der Waals surface area contributed by atoms with Crippen molar-refractivity contribution >= 4 is 27.7 Å². The zero-order chi connectivity index (χ0) is 20.5. The van der Waals surface area contributed by atoms with E-state index in [1.807, 2.05) is 0 Å². The average Bonchev–Trinajstić information content (AvgIpc) is 3.12. The Hall–Kier alpha value is -3.62. The molecule has 0 saturated heterocycles. The number of carbonyl (C=O) groups excluding carboxylic acids is 1. The largest absolute Gasteiger partial charge is 0.350 e. The number of fused-ring (bicyclic) bond motifs is 2. The van der Waals surface area contributed by atoms with Crippen LogP contribution in [0.25, 0.3) is 21.8 Å². The summed E-state index contributed by atoms with van der Waals surface area (Å²) in [6.07, 6.45) is 0. The van der Waals surface area contributed by atoms with E-state index in [4.69, 9.17) is 0 Å². The Labute approximate surface area is 163 Å². The summed E-state index contributed by atoms with van der Waals surface area (Å²) in [5.74, 6) is -0.806. The predicted molar refractivity (Wildman–Crippen MR) is 104 cm³/mol. The van der Waals surface area contributed by atoms with E-state index in [1.165, 1.54) is 0 Å². The summed E-state index contributed by atoms with van der Waals surface area (Å²) in [5.41, 5.74) is 0.476. The monoisotopic (exact) mass is 397 g/mol. The standard InChI is InChI=1S/C20H17F2N5O2/c1-11(17-24-14-8-4-5-9-15(14)27(17)20(21)22)10-23-19(29)16-12-6-2-3-7-13(12)18(28)26-25-16/h2-9,11,20H,10H2,1H3,(H,23,29)(H,26,28). The first-order chi connectivity index (χ1) is 14.0. The fourth-order valence-corrected chi connectivity index (χ4v) is 3.32. The van der Waals surface area contributed by atoms with Crippen molar-refractivity contribution in [2.24, 2.45) is 0 Å². The number of carbonyl (C=O) groups is 1. The van der Waals surface area contributed by atoms with E-state index in [9.17, 15) is 18.4 Å². The average molecular weight is 397 g/mol. The summed E-state index contributed by atoms with van der Waals surface area (Å²) >= 11 is 0. The van der Waals surface area contributed by atoms with Crippen LogP contribution in [0.1, 0.15) is 35.7 Å². The Kier molecular flexibility index (Phi) is 4.79. The molecule has 0 aliphatic rings. The molecule has 0 spiro atoms. The van der Waals surface area contributed by atoms with Gasteiger partial charge in [0.15, 0.2) is 5.69 Å². The summed E-state index contributed by atoms with van der Waals surface area (Å²) in [7, 11) is 0. The van der Waals surface area contributed by atoms with Crippen molar-refractivity contribution in [1.82, 2.24) is 25.1 Å². The highest BCUT2D eigenvalue weighted by Crippen LogP contribution is 2.27. The molecule has 1 unspecified atom stereocenters. The molecule has 2 N–H and O–H groups in total. The van der Waals surface area contributed by atoms with Gasteiger partial charge in [0.25, 0.3) is 11.5 Å². The zero-order valence-electron chi connectivity index (χ0n) is 15.4. The van der Waals surface area contributed by atoms with Crippen LogP contribution in [0.4, 0.5) is 8.78 Å². The van der Waals surface area contributed by atoms with Crippen molar-refractivity contribution in [1.29, 1.82) is 0 Å². The van der Waals surface area contributed by atoms with Crippen molar-refractivity contribution in [2.75, 3.05) is 6.54 Å². The van der Waals surface area contributed by atoms with E-state index in [0.29, 0.717) is 21.8 Å². The maximum atomic E-state index is 13.6. The third kappa shape index (κ3) is 3.35. The molecule has 4 aromatic rings. The van der Waals surface area contributed by atoms with E-state index in [-0.39, 0.29) is 18.1 Å². The Morgan fingerprint density at radius 2 is 1.83 bits per heavy atom. The summed E-state index contributed by atoms with van der Waals surface area (Å²) in [4.78, 5) is 28.8. The molecule has 9 heteroatoms. The fourth-order valence-electron chi connectivity index (χ4n) is 3.32. The highest BCUT2D eigenvalue weighted by atomic mass is 19.3. The number of imidazole rings is 1. The van der Waals surface area contributed by atoms with E-state index in [1.54, 1.807) is 55.5 Å². The SMILES string of the molecule is CC(CNC(=O)c1n[nH]c(=O)c2ccccc12)c1nc2ccccc2n1C(F)F. The molecule has 0 fully saturated rings. The normalized spacial score (nSPS) is 12.6. The molecule has 0 bridgehead atoms. The lowest BCUT2D eigenvalue weighted by Gasteiger charge is -2.15. The van der Waals surface area contributed by atoms with Crippen LogP contribution in [-0.4, -0.2) is 32.2 Å². The number of hydrogen-bond donors (Lipinski definition) is 2. The highest BCUT2D eigenvalue weighted by Gasteiger charge is 2.23. The molecule has 0 aliphatic heterocycles. The number of nitrogens with zero attached hydrogens (tertiary/aromatic N) is 3. The van der Waals surface area contributed by atoms with Crippen molar-refractivity contribution in [3.63, 3.8) is 0 Å². The van der Waals surface area contributed by atoms with Gasteiger partial charge in [0.1, 0.15) is 5.82 Å². The molecule has 2 aromatic heterocycles. The molecule has 2 aromatic carbocycles. The summed E-state index contributed by atoms with van der Waals surface area (Å²) < 4.78 is 28.1. The number of nitrogens with one attached hydrogen (secondary N) is 2. The number of amides is 1. The molecule has 2 heterocycles. The van der Waals surface area contributed by atoms with Crippen LogP contribution in [0.3, 0.4) is 0 Å². The molecule has 1 atom stereocenters. The lowest BCUT2D eigenvalue weighted by Crippen LogP contribution is -2.30. The number of rotatable bonds is 5. The molecular formula is C20H17F2N5O2. The number of halogens is 2. The second-order valence-electron chi connectivity index (χ2n) is 6.66. The van der Waals surface area contributed by atoms with Gasteiger partial charge < -0.3 is 5.32 Å². The number of para-hydroxylation sites is 2. The van der Waals surface area contributed by atoms with Crippen LogP contribution >= 0.6 is 0 Å². The smallest absolute Gasteiger partial charge is 0.320 e. The van der Waals surface area contributed by atoms with Gasteiger partial charge in [-0.2, -0.15) is 13.9 Å². The molecule has 0 aliphatic carbocycles. The van der Waals surface area contributed by atoms with E-state index >= 15 is 0 Å². The molecule has 148 valence electrons.